The molecule has 0 radical (unpaired) electrons. The molecule has 1 N–H and O–H groups in total. The molecule has 1 aliphatic rings. The van der Waals surface area contributed by atoms with Crippen molar-refractivity contribution in [2.75, 3.05) is 11.9 Å². The smallest absolute Gasteiger partial charge is 0.309 e. The maximum Gasteiger partial charge on any atom is 0.309 e. The molecule has 0 saturated carbocycles. The summed E-state index contributed by atoms with van der Waals surface area (Å²) in [4.78, 5) is 29.0. The van der Waals surface area contributed by atoms with Crippen LogP contribution in [0.25, 0.3) is 0 Å². The third-order valence-corrected chi connectivity index (χ3v) is 4.35. The van der Waals surface area contributed by atoms with E-state index in [9.17, 15) is 9.59 Å². The Kier molecular flexibility index (Phi) is 4.75. The molecule has 1 aromatic rings. The van der Waals surface area contributed by atoms with Crippen molar-refractivity contribution in [1.82, 2.24) is 4.98 Å². The summed E-state index contributed by atoms with van der Waals surface area (Å²) in [7, 11) is 0. The number of fused-ring (bicyclic) bond motifs is 1. The van der Waals surface area contributed by atoms with Crippen molar-refractivity contribution in [2.45, 2.75) is 40.0 Å². The predicted octanol–water partition coefficient (Wildman–Crippen LogP) is 2.41. The van der Waals surface area contributed by atoms with E-state index >= 15 is 0 Å². The molecular formula is C14H20N2O3S. The molecule has 0 bridgehead atoms. The molecule has 1 aromatic heterocycles. The maximum absolute atomic E-state index is 11.8. The van der Waals surface area contributed by atoms with E-state index in [0.717, 1.165) is 23.4 Å². The van der Waals surface area contributed by atoms with Crippen LogP contribution in [0.15, 0.2) is 0 Å². The molecule has 1 heterocycles. The number of carbonyl (C=O) groups is 2. The number of ether oxygens (including phenoxy) is 1. The van der Waals surface area contributed by atoms with Gasteiger partial charge in [0, 0.05) is 10.8 Å². The molecule has 6 heteroatoms. The molecular weight excluding hydrogens is 276 g/mol. The fourth-order valence-electron chi connectivity index (χ4n) is 2.14. The van der Waals surface area contributed by atoms with Gasteiger partial charge >= 0.3 is 5.97 Å². The van der Waals surface area contributed by atoms with Gasteiger partial charge in [0.25, 0.3) is 0 Å². The van der Waals surface area contributed by atoms with Gasteiger partial charge in [0.05, 0.1) is 18.2 Å². The van der Waals surface area contributed by atoms with Crippen molar-refractivity contribution in [3.8, 4) is 0 Å². The zero-order chi connectivity index (χ0) is 14.7. The topological polar surface area (TPSA) is 68.3 Å². The van der Waals surface area contributed by atoms with Crippen LogP contribution in [-0.2, 0) is 27.2 Å². The van der Waals surface area contributed by atoms with E-state index in [1.807, 2.05) is 20.8 Å². The highest BCUT2D eigenvalue weighted by molar-refractivity contribution is 7.15. The van der Waals surface area contributed by atoms with Crippen LogP contribution in [0.2, 0.25) is 0 Å². The lowest BCUT2D eigenvalue weighted by Gasteiger charge is -2.18. The van der Waals surface area contributed by atoms with E-state index in [0.29, 0.717) is 18.2 Å². The first-order chi connectivity index (χ1) is 9.51. The molecule has 0 aromatic carbocycles. The molecule has 2 rings (SSSR count). The van der Waals surface area contributed by atoms with Gasteiger partial charge in [-0.05, 0) is 26.2 Å². The Labute approximate surface area is 122 Å². The lowest BCUT2D eigenvalue weighted by molar-refractivity contribution is -0.148. The second-order valence-corrected chi connectivity index (χ2v) is 6.31. The average molecular weight is 296 g/mol. The van der Waals surface area contributed by atoms with Gasteiger partial charge < -0.3 is 10.1 Å². The number of hydrogen-bond acceptors (Lipinski definition) is 5. The number of amides is 1. The van der Waals surface area contributed by atoms with Gasteiger partial charge in [0.15, 0.2) is 5.13 Å². The number of anilines is 1. The van der Waals surface area contributed by atoms with Gasteiger partial charge in [-0.1, -0.05) is 13.8 Å². The van der Waals surface area contributed by atoms with Crippen molar-refractivity contribution in [1.29, 1.82) is 0 Å². The molecule has 1 atom stereocenters. The summed E-state index contributed by atoms with van der Waals surface area (Å²) in [6.45, 7) is 5.93. The number of carbonyl (C=O) groups excluding carboxylic acids is 2. The van der Waals surface area contributed by atoms with E-state index in [-0.39, 0.29) is 23.7 Å². The van der Waals surface area contributed by atoms with Gasteiger partial charge in [0.2, 0.25) is 5.91 Å². The summed E-state index contributed by atoms with van der Waals surface area (Å²) in [6.07, 6.45) is 2.21. The first-order valence-electron chi connectivity index (χ1n) is 6.97. The molecule has 0 aliphatic heterocycles. The molecule has 1 unspecified atom stereocenters. The molecule has 110 valence electrons. The molecule has 1 amide bonds. The predicted molar refractivity (Wildman–Crippen MR) is 77.7 cm³/mol. The first-order valence-corrected chi connectivity index (χ1v) is 7.79. The zero-order valence-electron chi connectivity index (χ0n) is 12.1. The fraction of sp³-hybridized carbons (Fsp3) is 0.643. The van der Waals surface area contributed by atoms with Gasteiger partial charge in [-0.25, -0.2) is 4.98 Å². The van der Waals surface area contributed by atoms with Crippen molar-refractivity contribution < 1.29 is 14.3 Å². The van der Waals surface area contributed by atoms with E-state index in [2.05, 4.69) is 10.3 Å². The Morgan fingerprint density at radius 2 is 2.25 bits per heavy atom. The van der Waals surface area contributed by atoms with E-state index < -0.39 is 0 Å². The van der Waals surface area contributed by atoms with Crippen molar-refractivity contribution in [3.63, 3.8) is 0 Å². The fourth-order valence-corrected chi connectivity index (χ4v) is 3.23. The van der Waals surface area contributed by atoms with Crippen molar-refractivity contribution in [2.24, 2.45) is 11.8 Å². The lowest BCUT2D eigenvalue weighted by atomic mass is 9.91. The molecule has 0 saturated heterocycles. The zero-order valence-corrected chi connectivity index (χ0v) is 12.9. The Balaban J connectivity index is 2.04. The van der Waals surface area contributed by atoms with E-state index in [1.54, 1.807) is 0 Å². The Hall–Kier alpha value is -1.43. The normalized spacial score (nSPS) is 17.7. The number of aryl methyl sites for hydroxylation is 1. The third-order valence-electron chi connectivity index (χ3n) is 3.31. The summed E-state index contributed by atoms with van der Waals surface area (Å²) in [5.74, 6) is -0.294. The Morgan fingerprint density at radius 1 is 1.50 bits per heavy atom. The molecule has 20 heavy (non-hydrogen) atoms. The minimum absolute atomic E-state index is 0.0296. The SMILES string of the molecule is CCOC(=O)C1CCc2nc(NC(=O)C(C)C)sc2C1. The minimum atomic E-state index is -0.126. The van der Waals surface area contributed by atoms with Crippen LogP contribution in [0.1, 0.15) is 37.8 Å². The summed E-state index contributed by atoms with van der Waals surface area (Å²) < 4.78 is 5.07. The Bertz CT molecular complexity index is 511. The highest BCUT2D eigenvalue weighted by Gasteiger charge is 2.28. The van der Waals surface area contributed by atoms with Crippen LogP contribution in [0.3, 0.4) is 0 Å². The van der Waals surface area contributed by atoms with E-state index in [4.69, 9.17) is 4.74 Å². The van der Waals surface area contributed by atoms with Gasteiger partial charge in [-0.2, -0.15) is 0 Å². The first kappa shape index (κ1) is 15.0. The lowest BCUT2D eigenvalue weighted by Crippen LogP contribution is -2.24. The van der Waals surface area contributed by atoms with Gasteiger partial charge in [0.1, 0.15) is 0 Å². The monoisotopic (exact) mass is 296 g/mol. The molecule has 1 aliphatic carbocycles. The molecule has 0 fully saturated rings. The van der Waals surface area contributed by atoms with Gasteiger partial charge in [-0.3, -0.25) is 9.59 Å². The van der Waals surface area contributed by atoms with Crippen LogP contribution < -0.4 is 5.32 Å². The van der Waals surface area contributed by atoms with Gasteiger partial charge in [-0.15, -0.1) is 11.3 Å². The summed E-state index contributed by atoms with van der Waals surface area (Å²) in [5, 5.41) is 3.46. The number of nitrogens with zero attached hydrogens (tertiary/aromatic N) is 1. The number of rotatable bonds is 4. The second kappa shape index (κ2) is 6.35. The number of esters is 1. The molecule has 5 nitrogen and oxygen atoms in total. The summed E-state index contributed by atoms with van der Waals surface area (Å²) in [6, 6.07) is 0. The minimum Gasteiger partial charge on any atom is -0.466 e. The van der Waals surface area contributed by atoms with Crippen LogP contribution >= 0.6 is 11.3 Å². The number of thiazole rings is 1. The second-order valence-electron chi connectivity index (χ2n) is 5.22. The highest BCUT2D eigenvalue weighted by Crippen LogP contribution is 2.33. The summed E-state index contributed by atoms with van der Waals surface area (Å²) >= 11 is 1.47. The quantitative estimate of drug-likeness (QED) is 0.866. The van der Waals surface area contributed by atoms with Crippen LogP contribution in [0, 0.1) is 11.8 Å². The third kappa shape index (κ3) is 3.36. The number of hydrogen-bond donors (Lipinski definition) is 1. The number of nitrogens with one attached hydrogen (secondary N) is 1. The standard InChI is InChI=1S/C14H20N2O3S/c1-4-19-13(18)9-5-6-10-11(7-9)20-14(15-10)16-12(17)8(2)3/h8-9H,4-7H2,1-3H3,(H,15,16,17). The summed E-state index contributed by atoms with van der Waals surface area (Å²) in [5.41, 5.74) is 1.01. The van der Waals surface area contributed by atoms with Crippen LogP contribution in [0.5, 0.6) is 0 Å². The largest absolute Gasteiger partial charge is 0.466 e. The van der Waals surface area contributed by atoms with Crippen LogP contribution in [-0.4, -0.2) is 23.5 Å². The number of aromatic nitrogens is 1. The van der Waals surface area contributed by atoms with Crippen molar-refractivity contribution in [3.05, 3.63) is 10.6 Å². The Morgan fingerprint density at radius 3 is 2.90 bits per heavy atom. The highest BCUT2D eigenvalue weighted by atomic mass is 32.1. The average Bonchev–Trinajstić information content (AvgIpc) is 2.79. The van der Waals surface area contributed by atoms with Crippen molar-refractivity contribution >= 4 is 28.3 Å². The van der Waals surface area contributed by atoms with E-state index in [1.165, 1.54) is 11.3 Å². The van der Waals surface area contributed by atoms with Crippen LogP contribution in [0.4, 0.5) is 5.13 Å². The maximum atomic E-state index is 11.8. The molecule has 0 spiro atoms.